The van der Waals surface area contributed by atoms with Crippen LogP contribution in [0.4, 0.5) is 4.79 Å². The summed E-state index contributed by atoms with van der Waals surface area (Å²) in [6, 6.07) is -0.435. The van der Waals surface area contributed by atoms with E-state index in [1.807, 2.05) is 19.5 Å². The minimum atomic E-state index is -0.435. The molecule has 12 heteroatoms. The second-order valence-corrected chi connectivity index (χ2v) is 9.82. The van der Waals surface area contributed by atoms with E-state index in [4.69, 9.17) is 9.47 Å². The lowest BCUT2D eigenvalue weighted by Gasteiger charge is -2.23. The molecule has 2 aliphatic heterocycles. The van der Waals surface area contributed by atoms with Crippen molar-refractivity contribution < 1.29 is 19.1 Å². The summed E-state index contributed by atoms with van der Waals surface area (Å²) in [5, 5.41) is 8.93. The zero-order valence-electron chi connectivity index (χ0n) is 20.2. The Bertz CT molecular complexity index is 787. The largest absolute Gasteiger partial charge is 0.444 e. The van der Waals surface area contributed by atoms with E-state index in [-0.39, 0.29) is 19.1 Å². The number of thioether (sulfide) groups is 2. The Morgan fingerprint density at radius 1 is 1.18 bits per heavy atom. The highest BCUT2D eigenvalue weighted by Crippen LogP contribution is 2.22. The van der Waals surface area contributed by atoms with Gasteiger partial charge in [0.25, 0.3) is 0 Å². The van der Waals surface area contributed by atoms with Gasteiger partial charge in [0.1, 0.15) is 12.6 Å². The first-order valence-corrected chi connectivity index (χ1v) is 13.0. The van der Waals surface area contributed by atoms with Gasteiger partial charge >= 0.3 is 6.09 Å². The molecule has 0 aromatic heterocycles. The minimum Gasteiger partial charge on any atom is -0.444 e. The van der Waals surface area contributed by atoms with Gasteiger partial charge in [-0.1, -0.05) is 29.6 Å². The van der Waals surface area contributed by atoms with Crippen LogP contribution < -0.4 is 16.0 Å². The van der Waals surface area contributed by atoms with Gasteiger partial charge in [-0.05, 0) is 32.4 Å². The fourth-order valence-corrected chi connectivity index (χ4v) is 4.44. The summed E-state index contributed by atoms with van der Waals surface area (Å²) >= 11 is 3.11. The molecule has 2 amide bonds. The van der Waals surface area contributed by atoms with E-state index in [1.165, 1.54) is 16.7 Å². The number of hydrogen-bond acceptors (Lipinski definition) is 10. The molecule has 0 saturated carbocycles. The molecule has 2 heterocycles. The quantitative estimate of drug-likeness (QED) is 0.225. The third-order valence-electron chi connectivity index (χ3n) is 4.97. The lowest BCUT2D eigenvalue weighted by Crippen LogP contribution is -2.50. The second kappa shape index (κ2) is 16.7. The molecule has 0 aliphatic carbocycles. The number of hydrogen-bond donors (Lipinski definition) is 3. The zero-order chi connectivity index (χ0) is 24.6. The van der Waals surface area contributed by atoms with E-state index in [0.29, 0.717) is 26.3 Å². The normalized spacial score (nSPS) is 16.4. The van der Waals surface area contributed by atoms with Gasteiger partial charge < -0.3 is 20.1 Å². The Hall–Kier alpha value is -1.86. The number of unbranched alkanes of at least 4 members (excludes halogenated alkanes) is 1. The number of nitrogens with zero attached hydrogens (tertiary/aromatic N) is 3. The van der Waals surface area contributed by atoms with Crippen LogP contribution in [0.25, 0.3) is 0 Å². The van der Waals surface area contributed by atoms with Gasteiger partial charge in [-0.3, -0.25) is 25.0 Å². The van der Waals surface area contributed by atoms with E-state index < -0.39 is 12.1 Å². The van der Waals surface area contributed by atoms with Crippen LogP contribution in [0.15, 0.2) is 31.4 Å². The highest BCUT2D eigenvalue weighted by atomic mass is 32.2. The molecule has 0 aromatic carbocycles. The smallest absolute Gasteiger partial charge is 0.407 e. The van der Waals surface area contributed by atoms with Gasteiger partial charge in [-0.25, -0.2) is 4.79 Å². The van der Waals surface area contributed by atoms with E-state index >= 15 is 0 Å². The molecule has 0 spiro atoms. The van der Waals surface area contributed by atoms with Crippen LogP contribution in [0.2, 0.25) is 0 Å². The van der Waals surface area contributed by atoms with Gasteiger partial charge in [0.05, 0.1) is 30.8 Å². The van der Waals surface area contributed by atoms with Gasteiger partial charge in [0.2, 0.25) is 5.91 Å². The van der Waals surface area contributed by atoms with Crippen LogP contribution in [0.3, 0.4) is 0 Å². The third-order valence-corrected chi connectivity index (χ3v) is 6.82. The molecule has 0 aromatic rings. The molecule has 0 bridgehead atoms. The molecule has 0 saturated heterocycles. The maximum atomic E-state index is 12.5. The predicted octanol–water partition coefficient (Wildman–Crippen LogP) is 1.81. The number of aliphatic imine (C=N–C) groups is 2. The van der Waals surface area contributed by atoms with Gasteiger partial charge in [-0.2, -0.15) is 0 Å². The Kier molecular flexibility index (Phi) is 14.0. The lowest BCUT2D eigenvalue weighted by atomic mass is 10.2. The molecule has 1 atom stereocenters. The Balaban J connectivity index is 1.55. The first kappa shape index (κ1) is 28.4. The van der Waals surface area contributed by atoms with Crippen LogP contribution >= 0.6 is 23.5 Å². The summed E-state index contributed by atoms with van der Waals surface area (Å²) in [5.74, 6) is -0.0989. The van der Waals surface area contributed by atoms with Crippen molar-refractivity contribution in [3.8, 4) is 0 Å². The maximum absolute atomic E-state index is 12.5. The highest BCUT2D eigenvalue weighted by Gasteiger charge is 2.18. The average Bonchev–Trinajstić information content (AvgIpc) is 2.83. The summed E-state index contributed by atoms with van der Waals surface area (Å²) in [6.45, 7) is 6.29. The summed E-state index contributed by atoms with van der Waals surface area (Å²) in [7, 11) is 3.58. The number of alkyl carbamates (subject to hydrolysis) is 1. The highest BCUT2D eigenvalue weighted by molar-refractivity contribution is 8.15. The molecule has 0 radical (unpaired) electrons. The molecule has 2 aliphatic rings. The monoisotopic (exact) mass is 512 g/mol. The number of carbonyl (C=O) groups excluding carboxylic acids is 2. The van der Waals surface area contributed by atoms with Crippen LogP contribution in [-0.2, 0) is 14.3 Å². The van der Waals surface area contributed by atoms with Gasteiger partial charge in [-0.15, -0.1) is 0 Å². The number of methoxy groups -OCH3 is 1. The molecular weight excluding hydrogens is 476 g/mol. The van der Waals surface area contributed by atoms with Crippen LogP contribution in [0, 0.1) is 0 Å². The molecular formula is C22H36N6O4S2. The van der Waals surface area contributed by atoms with E-state index in [0.717, 1.165) is 36.4 Å². The summed E-state index contributed by atoms with van der Waals surface area (Å²) in [6.07, 6.45) is 3.16. The standard InChI is InChI=1S/C22H36N6O4S2/c1-17-10-24-16-34-20(17)13-32-22(30)26-8-5-4-7-25-21(29)19(12-31-3)27-14-28(2)11-18-6-9-23-15-33-18/h6,15-16,19,27H,4-5,7-14H2,1-3H3,(H,25,29)(H,26,30). The Morgan fingerprint density at radius 3 is 2.65 bits per heavy atom. The van der Waals surface area contributed by atoms with E-state index in [1.54, 1.807) is 24.4 Å². The van der Waals surface area contributed by atoms with Crippen molar-refractivity contribution >= 4 is 46.6 Å². The SMILES string of the molecule is COCC(NCN(C)CC1=CCN=CS1)C(=O)NCCCCNC(=O)OCC1=C(C)CN=CS1. The number of rotatable bonds is 15. The van der Waals surface area contributed by atoms with E-state index in [9.17, 15) is 9.59 Å². The molecule has 3 N–H and O–H groups in total. The van der Waals surface area contributed by atoms with Crippen molar-refractivity contribution in [3.05, 3.63) is 21.5 Å². The fourth-order valence-electron chi connectivity index (χ4n) is 3.01. The van der Waals surface area contributed by atoms with Crippen molar-refractivity contribution in [1.29, 1.82) is 0 Å². The molecule has 0 fully saturated rings. The Morgan fingerprint density at radius 2 is 1.94 bits per heavy atom. The van der Waals surface area contributed by atoms with Gasteiger partial charge in [0, 0.05) is 43.2 Å². The number of carbonyl (C=O) groups is 2. The van der Waals surface area contributed by atoms with Crippen LogP contribution in [0.5, 0.6) is 0 Å². The number of likely N-dealkylation sites (N-methyl/N-ethyl adjacent to an activating group) is 1. The predicted molar refractivity (Wildman–Crippen MR) is 141 cm³/mol. The first-order valence-electron chi connectivity index (χ1n) is 11.3. The number of nitrogens with one attached hydrogen (secondary N) is 3. The molecule has 2 rings (SSSR count). The fraction of sp³-hybridized carbons (Fsp3) is 0.636. The van der Waals surface area contributed by atoms with Crippen molar-refractivity contribution in [3.63, 3.8) is 0 Å². The molecule has 34 heavy (non-hydrogen) atoms. The van der Waals surface area contributed by atoms with E-state index in [2.05, 4.69) is 36.9 Å². The van der Waals surface area contributed by atoms with Crippen molar-refractivity contribution in [1.82, 2.24) is 20.9 Å². The van der Waals surface area contributed by atoms with Crippen molar-refractivity contribution in [2.75, 3.05) is 66.8 Å². The van der Waals surface area contributed by atoms with Gasteiger partial charge in [0.15, 0.2) is 0 Å². The number of ether oxygens (including phenoxy) is 2. The summed E-state index contributed by atoms with van der Waals surface area (Å²) in [5.41, 5.74) is 4.76. The van der Waals surface area contributed by atoms with Crippen molar-refractivity contribution in [2.24, 2.45) is 9.98 Å². The number of amides is 2. The average molecular weight is 513 g/mol. The molecule has 190 valence electrons. The summed E-state index contributed by atoms with van der Waals surface area (Å²) < 4.78 is 10.5. The minimum absolute atomic E-state index is 0.0989. The third kappa shape index (κ3) is 11.5. The Labute approximate surface area is 210 Å². The zero-order valence-corrected chi connectivity index (χ0v) is 21.8. The first-order chi connectivity index (χ1) is 16.5. The molecule has 1 unspecified atom stereocenters. The maximum Gasteiger partial charge on any atom is 0.407 e. The topological polar surface area (TPSA) is 117 Å². The van der Waals surface area contributed by atoms with Crippen LogP contribution in [-0.4, -0.2) is 101 Å². The van der Waals surface area contributed by atoms with Crippen molar-refractivity contribution in [2.45, 2.75) is 25.8 Å². The lowest BCUT2D eigenvalue weighted by molar-refractivity contribution is -0.124. The second-order valence-electron chi connectivity index (χ2n) is 7.91. The summed E-state index contributed by atoms with van der Waals surface area (Å²) in [4.78, 5) is 37.1. The molecule has 10 nitrogen and oxygen atoms in total. The van der Waals surface area contributed by atoms with Crippen LogP contribution in [0.1, 0.15) is 19.8 Å².